The number of likely N-dealkylation sites (N-methyl/N-ethyl adjacent to an activating group) is 1. The van der Waals surface area contributed by atoms with Gasteiger partial charge in [-0.3, -0.25) is 0 Å². The first kappa shape index (κ1) is 13.1. The zero-order valence-electron chi connectivity index (χ0n) is 11.5. The van der Waals surface area contributed by atoms with Gasteiger partial charge in [-0.25, -0.2) is 4.98 Å². The molecular formula is C14H22N4. The monoisotopic (exact) mass is 246 g/mol. The standard InChI is InChI=1S/C14H22N4/c1-4-11-5-6-13-12(9-11)16-14(10-15)18(13)8-7-17(2)3/h5-6,9H,4,7-8,10,15H2,1-3H3. The molecule has 18 heavy (non-hydrogen) atoms. The Hall–Kier alpha value is -1.39. The van der Waals surface area contributed by atoms with Gasteiger partial charge in [0.2, 0.25) is 0 Å². The molecule has 0 aliphatic rings. The third-order valence-corrected chi connectivity index (χ3v) is 3.25. The van der Waals surface area contributed by atoms with E-state index in [1.807, 2.05) is 0 Å². The minimum atomic E-state index is 0.490. The van der Waals surface area contributed by atoms with Crippen LogP contribution in [0, 0.1) is 0 Å². The molecule has 2 rings (SSSR count). The fraction of sp³-hybridized carbons (Fsp3) is 0.500. The van der Waals surface area contributed by atoms with E-state index in [9.17, 15) is 0 Å². The fourth-order valence-corrected chi connectivity index (χ4v) is 2.15. The molecule has 0 fully saturated rings. The fourth-order valence-electron chi connectivity index (χ4n) is 2.15. The molecule has 2 aromatic rings. The number of aromatic nitrogens is 2. The third-order valence-electron chi connectivity index (χ3n) is 3.25. The summed E-state index contributed by atoms with van der Waals surface area (Å²) < 4.78 is 2.23. The van der Waals surface area contributed by atoms with Crippen molar-refractivity contribution < 1.29 is 0 Å². The summed E-state index contributed by atoms with van der Waals surface area (Å²) in [5, 5.41) is 0. The van der Waals surface area contributed by atoms with Crippen LogP contribution in [0.4, 0.5) is 0 Å². The van der Waals surface area contributed by atoms with Crippen molar-refractivity contribution in [3.8, 4) is 0 Å². The molecule has 0 aliphatic heterocycles. The van der Waals surface area contributed by atoms with Gasteiger partial charge in [0.05, 0.1) is 17.6 Å². The number of rotatable bonds is 5. The van der Waals surface area contributed by atoms with Gasteiger partial charge in [0.1, 0.15) is 5.82 Å². The highest BCUT2D eigenvalue weighted by Crippen LogP contribution is 2.18. The van der Waals surface area contributed by atoms with E-state index >= 15 is 0 Å². The van der Waals surface area contributed by atoms with Crippen LogP contribution in [0.25, 0.3) is 11.0 Å². The van der Waals surface area contributed by atoms with Crippen molar-refractivity contribution in [2.45, 2.75) is 26.4 Å². The largest absolute Gasteiger partial charge is 0.326 e. The smallest absolute Gasteiger partial charge is 0.123 e. The van der Waals surface area contributed by atoms with Gasteiger partial charge in [0.25, 0.3) is 0 Å². The SMILES string of the molecule is CCc1ccc2c(c1)nc(CN)n2CCN(C)C. The molecule has 0 saturated heterocycles. The zero-order valence-corrected chi connectivity index (χ0v) is 11.5. The number of nitrogens with two attached hydrogens (primary N) is 1. The Balaban J connectivity index is 2.42. The maximum absolute atomic E-state index is 5.79. The molecule has 1 aromatic carbocycles. The Morgan fingerprint density at radius 1 is 1.33 bits per heavy atom. The van der Waals surface area contributed by atoms with Crippen molar-refractivity contribution in [3.63, 3.8) is 0 Å². The number of fused-ring (bicyclic) bond motifs is 1. The molecule has 4 heteroatoms. The molecule has 0 radical (unpaired) electrons. The maximum atomic E-state index is 5.79. The summed E-state index contributed by atoms with van der Waals surface area (Å²) in [6.07, 6.45) is 1.04. The van der Waals surface area contributed by atoms with E-state index in [1.165, 1.54) is 11.1 Å². The average Bonchev–Trinajstić information content (AvgIpc) is 2.72. The first-order valence-corrected chi connectivity index (χ1v) is 6.48. The highest BCUT2D eigenvalue weighted by molar-refractivity contribution is 5.77. The van der Waals surface area contributed by atoms with Crippen LogP contribution in [0.1, 0.15) is 18.3 Å². The number of aryl methyl sites for hydroxylation is 1. The van der Waals surface area contributed by atoms with Crippen LogP contribution in [0.2, 0.25) is 0 Å². The minimum absolute atomic E-state index is 0.490. The van der Waals surface area contributed by atoms with Crippen LogP contribution in [-0.2, 0) is 19.5 Å². The Morgan fingerprint density at radius 2 is 2.11 bits per heavy atom. The molecule has 2 N–H and O–H groups in total. The lowest BCUT2D eigenvalue weighted by atomic mass is 10.1. The molecule has 1 aromatic heterocycles. The van der Waals surface area contributed by atoms with Crippen LogP contribution in [0.5, 0.6) is 0 Å². The predicted octanol–water partition coefficient (Wildman–Crippen LogP) is 1.62. The van der Waals surface area contributed by atoms with Crippen LogP contribution in [0.3, 0.4) is 0 Å². The van der Waals surface area contributed by atoms with Crippen LogP contribution >= 0.6 is 0 Å². The summed E-state index contributed by atoms with van der Waals surface area (Å²) in [5.41, 5.74) is 9.37. The Bertz CT molecular complexity index is 528. The average molecular weight is 246 g/mol. The van der Waals surface area contributed by atoms with Gasteiger partial charge in [-0.05, 0) is 38.2 Å². The highest BCUT2D eigenvalue weighted by atomic mass is 15.1. The highest BCUT2D eigenvalue weighted by Gasteiger charge is 2.09. The van der Waals surface area contributed by atoms with Gasteiger partial charge in [0.15, 0.2) is 0 Å². The molecule has 4 nitrogen and oxygen atoms in total. The number of hydrogen-bond donors (Lipinski definition) is 1. The molecule has 0 bridgehead atoms. The van der Waals surface area contributed by atoms with Crippen molar-refractivity contribution in [2.75, 3.05) is 20.6 Å². The normalized spacial score (nSPS) is 11.6. The topological polar surface area (TPSA) is 47.1 Å². The lowest BCUT2D eigenvalue weighted by molar-refractivity contribution is 0.383. The number of hydrogen-bond acceptors (Lipinski definition) is 3. The second-order valence-corrected chi connectivity index (χ2v) is 4.86. The Kier molecular flexibility index (Phi) is 3.99. The van der Waals surface area contributed by atoms with Crippen molar-refractivity contribution in [1.29, 1.82) is 0 Å². The lowest BCUT2D eigenvalue weighted by Gasteiger charge is -2.12. The van der Waals surface area contributed by atoms with E-state index in [4.69, 9.17) is 5.73 Å². The van der Waals surface area contributed by atoms with Gasteiger partial charge in [-0.2, -0.15) is 0 Å². The molecule has 0 saturated carbocycles. The number of nitrogens with zero attached hydrogens (tertiary/aromatic N) is 3. The van der Waals surface area contributed by atoms with Crippen molar-refractivity contribution >= 4 is 11.0 Å². The molecular weight excluding hydrogens is 224 g/mol. The zero-order chi connectivity index (χ0) is 13.1. The molecule has 0 amide bonds. The van der Waals surface area contributed by atoms with Crippen molar-refractivity contribution in [3.05, 3.63) is 29.6 Å². The van der Waals surface area contributed by atoms with Crippen LogP contribution < -0.4 is 5.73 Å². The van der Waals surface area contributed by atoms with E-state index < -0.39 is 0 Å². The molecule has 0 atom stereocenters. The summed E-state index contributed by atoms with van der Waals surface area (Å²) in [4.78, 5) is 6.81. The summed E-state index contributed by atoms with van der Waals surface area (Å²) in [6.45, 7) is 4.58. The Morgan fingerprint density at radius 3 is 2.72 bits per heavy atom. The molecule has 0 aliphatic carbocycles. The van der Waals surface area contributed by atoms with Gasteiger partial charge in [-0.15, -0.1) is 0 Å². The second-order valence-electron chi connectivity index (χ2n) is 4.86. The van der Waals surface area contributed by atoms with Gasteiger partial charge in [-0.1, -0.05) is 13.0 Å². The predicted molar refractivity (Wildman–Crippen MR) is 75.6 cm³/mol. The molecule has 1 heterocycles. The van der Waals surface area contributed by atoms with Gasteiger partial charge in [0, 0.05) is 13.1 Å². The van der Waals surface area contributed by atoms with E-state index in [0.29, 0.717) is 6.54 Å². The van der Waals surface area contributed by atoms with Gasteiger partial charge >= 0.3 is 0 Å². The molecule has 98 valence electrons. The number of benzene rings is 1. The van der Waals surface area contributed by atoms with Crippen LogP contribution in [0.15, 0.2) is 18.2 Å². The van der Waals surface area contributed by atoms with E-state index in [2.05, 4.69) is 53.7 Å². The quantitative estimate of drug-likeness (QED) is 0.872. The summed E-state index contributed by atoms with van der Waals surface area (Å²) >= 11 is 0. The Labute approximate surface area is 108 Å². The lowest BCUT2D eigenvalue weighted by Crippen LogP contribution is -2.20. The number of imidazole rings is 1. The van der Waals surface area contributed by atoms with E-state index in [1.54, 1.807) is 0 Å². The first-order chi connectivity index (χ1) is 8.65. The third kappa shape index (κ3) is 2.54. The van der Waals surface area contributed by atoms with Crippen molar-refractivity contribution in [2.24, 2.45) is 5.73 Å². The first-order valence-electron chi connectivity index (χ1n) is 6.48. The molecule has 0 spiro atoms. The van der Waals surface area contributed by atoms with E-state index in [0.717, 1.165) is 30.9 Å². The summed E-state index contributed by atoms with van der Waals surface area (Å²) in [5.74, 6) is 0.972. The maximum Gasteiger partial charge on any atom is 0.123 e. The van der Waals surface area contributed by atoms with E-state index in [-0.39, 0.29) is 0 Å². The van der Waals surface area contributed by atoms with Gasteiger partial charge < -0.3 is 15.2 Å². The summed E-state index contributed by atoms with van der Waals surface area (Å²) in [7, 11) is 4.16. The molecule has 0 unspecified atom stereocenters. The van der Waals surface area contributed by atoms with Crippen molar-refractivity contribution in [1.82, 2.24) is 14.5 Å². The minimum Gasteiger partial charge on any atom is -0.326 e. The summed E-state index contributed by atoms with van der Waals surface area (Å²) in [6, 6.07) is 6.51. The second kappa shape index (κ2) is 5.50. The van der Waals surface area contributed by atoms with Crippen LogP contribution in [-0.4, -0.2) is 35.1 Å².